The van der Waals surface area contributed by atoms with Crippen LogP contribution < -0.4 is 15.2 Å². The fourth-order valence-electron chi connectivity index (χ4n) is 2.28. The van der Waals surface area contributed by atoms with E-state index in [0.29, 0.717) is 6.54 Å². The SMILES string of the molecule is COc1cc2ccccc2c(CCCN)c1OC. The van der Waals surface area contributed by atoms with E-state index in [1.165, 1.54) is 16.3 Å². The lowest BCUT2D eigenvalue weighted by Gasteiger charge is -2.15. The lowest BCUT2D eigenvalue weighted by molar-refractivity contribution is 0.352. The number of methoxy groups -OCH3 is 2. The van der Waals surface area contributed by atoms with Crippen LogP contribution in [0.2, 0.25) is 0 Å². The molecule has 18 heavy (non-hydrogen) atoms. The molecule has 0 atom stereocenters. The summed E-state index contributed by atoms with van der Waals surface area (Å²) in [6.45, 7) is 0.675. The van der Waals surface area contributed by atoms with Crippen molar-refractivity contribution in [2.75, 3.05) is 20.8 Å². The number of nitrogens with two attached hydrogens (primary N) is 1. The molecule has 0 aliphatic rings. The van der Waals surface area contributed by atoms with E-state index in [4.69, 9.17) is 15.2 Å². The number of ether oxygens (including phenoxy) is 2. The van der Waals surface area contributed by atoms with Gasteiger partial charge >= 0.3 is 0 Å². The van der Waals surface area contributed by atoms with Crippen molar-refractivity contribution in [3.63, 3.8) is 0 Å². The van der Waals surface area contributed by atoms with Crippen LogP contribution >= 0.6 is 0 Å². The maximum atomic E-state index is 5.61. The van der Waals surface area contributed by atoms with Crippen molar-refractivity contribution in [2.45, 2.75) is 12.8 Å². The van der Waals surface area contributed by atoms with Crippen molar-refractivity contribution >= 4 is 10.8 Å². The maximum Gasteiger partial charge on any atom is 0.164 e. The second-order valence-corrected chi connectivity index (χ2v) is 4.20. The van der Waals surface area contributed by atoms with Crippen LogP contribution in [0, 0.1) is 0 Å². The molecular formula is C15H19NO2. The first-order chi connectivity index (χ1) is 8.81. The average molecular weight is 245 g/mol. The summed E-state index contributed by atoms with van der Waals surface area (Å²) in [6, 6.07) is 10.3. The van der Waals surface area contributed by atoms with Gasteiger partial charge in [0.2, 0.25) is 0 Å². The molecule has 0 radical (unpaired) electrons. The number of benzene rings is 2. The van der Waals surface area contributed by atoms with Gasteiger partial charge in [0.05, 0.1) is 14.2 Å². The summed E-state index contributed by atoms with van der Waals surface area (Å²) in [4.78, 5) is 0. The number of aryl methyl sites for hydroxylation is 1. The van der Waals surface area contributed by atoms with Gasteiger partial charge in [-0.05, 0) is 36.2 Å². The molecule has 0 aliphatic carbocycles. The van der Waals surface area contributed by atoms with E-state index >= 15 is 0 Å². The molecule has 0 fully saturated rings. The third kappa shape index (κ3) is 2.27. The number of rotatable bonds is 5. The van der Waals surface area contributed by atoms with Crippen molar-refractivity contribution in [2.24, 2.45) is 5.73 Å². The molecular weight excluding hydrogens is 226 g/mol. The molecule has 0 aliphatic heterocycles. The van der Waals surface area contributed by atoms with E-state index in [0.717, 1.165) is 24.3 Å². The molecule has 0 heterocycles. The van der Waals surface area contributed by atoms with E-state index in [9.17, 15) is 0 Å². The highest BCUT2D eigenvalue weighted by atomic mass is 16.5. The van der Waals surface area contributed by atoms with Crippen LogP contribution in [0.25, 0.3) is 10.8 Å². The molecule has 0 spiro atoms. The summed E-state index contributed by atoms with van der Waals surface area (Å²) in [6.07, 6.45) is 1.84. The van der Waals surface area contributed by atoms with Crippen molar-refractivity contribution in [3.8, 4) is 11.5 Å². The van der Waals surface area contributed by atoms with Gasteiger partial charge in [-0.15, -0.1) is 0 Å². The van der Waals surface area contributed by atoms with Gasteiger partial charge in [-0.2, -0.15) is 0 Å². The minimum atomic E-state index is 0.675. The molecule has 2 rings (SSSR count). The van der Waals surface area contributed by atoms with Gasteiger partial charge in [-0.3, -0.25) is 0 Å². The lowest BCUT2D eigenvalue weighted by atomic mass is 9.99. The highest BCUT2D eigenvalue weighted by molar-refractivity contribution is 5.90. The molecule has 2 aromatic carbocycles. The fourth-order valence-corrected chi connectivity index (χ4v) is 2.28. The van der Waals surface area contributed by atoms with Gasteiger partial charge in [0, 0.05) is 5.56 Å². The number of hydrogen-bond acceptors (Lipinski definition) is 3. The normalized spacial score (nSPS) is 10.6. The zero-order chi connectivity index (χ0) is 13.0. The minimum Gasteiger partial charge on any atom is -0.493 e. The van der Waals surface area contributed by atoms with Gasteiger partial charge in [0.25, 0.3) is 0 Å². The van der Waals surface area contributed by atoms with Gasteiger partial charge in [0.15, 0.2) is 11.5 Å². The molecule has 0 amide bonds. The Morgan fingerprint density at radius 3 is 2.56 bits per heavy atom. The van der Waals surface area contributed by atoms with Crippen LogP contribution in [-0.4, -0.2) is 20.8 Å². The van der Waals surface area contributed by atoms with Crippen LogP contribution in [0.3, 0.4) is 0 Å². The number of fused-ring (bicyclic) bond motifs is 1. The Kier molecular flexibility index (Phi) is 4.05. The van der Waals surface area contributed by atoms with Crippen LogP contribution in [0.15, 0.2) is 30.3 Å². The Morgan fingerprint density at radius 2 is 1.89 bits per heavy atom. The number of hydrogen-bond donors (Lipinski definition) is 1. The standard InChI is InChI=1S/C15H19NO2/c1-17-14-10-11-6-3-4-7-12(11)13(8-5-9-16)15(14)18-2/h3-4,6-7,10H,5,8-9,16H2,1-2H3. The van der Waals surface area contributed by atoms with Gasteiger partial charge in [0.1, 0.15) is 0 Å². The zero-order valence-corrected chi connectivity index (χ0v) is 10.9. The van der Waals surface area contributed by atoms with Gasteiger partial charge < -0.3 is 15.2 Å². The van der Waals surface area contributed by atoms with Crippen LogP contribution in [-0.2, 0) is 6.42 Å². The van der Waals surface area contributed by atoms with Crippen LogP contribution in [0.5, 0.6) is 11.5 Å². The highest BCUT2D eigenvalue weighted by Crippen LogP contribution is 2.37. The fraction of sp³-hybridized carbons (Fsp3) is 0.333. The molecule has 0 aromatic heterocycles. The Hall–Kier alpha value is -1.74. The molecule has 0 saturated heterocycles. The molecule has 0 unspecified atom stereocenters. The topological polar surface area (TPSA) is 44.5 Å². The first-order valence-corrected chi connectivity index (χ1v) is 6.14. The smallest absolute Gasteiger partial charge is 0.164 e. The molecule has 2 N–H and O–H groups in total. The van der Waals surface area contributed by atoms with E-state index in [1.807, 2.05) is 18.2 Å². The maximum absolute atomic E-state index is 5.61. The molecule has 0 bridgehead atoms. The highest BCUT2D eigenvalue weighted by Gasteiger charge is 2.14. The molecule has 96 valence electrons. The van der Waals surface area contributed by atoms with Crippen molar-refractivity contribution in [3.05, 3.63) is 35.9 Å². The third-order valence-electron chi connectivity index (χ3n) is 3.13. The Bertz CT molecular complexity index is 537. The zero-order valence-electron chi connectivity index (χ0n) is 10.9. The van der Waals surface area contributed by atoms with Crippen molar-refractivity contribution in [1.29, 1.82) is 0 Å². The first-order valence-electron chi connectivity index (χ1n) is 6.14. The molecule has 3 heteroatoms. The minimum absolute atomic E-state index is 0.675. The molecule has 0 saturated carbocycles. The Morgan fingerprint density at radius 1 is 1.11 bits per heavy atom. The third-order valence-corrected chi connectivity index (χ3v) is 3.13. The summed E-state index contributed by atoms with van der Waals surface area (Å²) in [7, 11) is 3.35. The quantitative estimate of drug-likeness (QED) is 0.881. The Labute approximate surface area is 108 Å². The summed E-state index contributed by atoms with van der Waals surface area (Å²) in [5, 5.41) is 2.38. The van der Waals surface area contributed by atoms with Gasteiger partial charge in [-0.25, -0.2) is 0 Å². The van der Waals surface area contributed by atoms with Crippen LogP contribution in [0.4, 0.5) is 0 Å². The Balaban J connectivity index is 2.65. The molecule has 2 aromatic rings. The predicted octanol–water partition coefficient (Wildman–Crippen LogP) is 2.75. The van der Waals surface area contributed by atoms with E-state index in [2.05, 4.69) is 12.1 Å². The second-order valence-electron chi connectivity index (χ2n) is 4.20. The summed E-state index contributed by atoms with van der Waals surface area (Å²) < 4.78 is 10.9. The lowest BCUT2D eigenvalue weighted by Crippen LogP contribution is -2.03. The van der Waals surface area contributed by atoms with Crippen molar-refractivity contribution in [1.82, 2.24) is 0 Å². The average Bonchev–Trinajstić information content (AvgIpc) is 2.43. The summed E-state index contributed by atoms with van der Waals surface area (Å²) >= 11 is 0. The molecule has 3 nitrogen and oxygen atoms in total. The largest absolute Gasteiger partial charge is 0.493 e. The van der Waals surface area contributed by atoms with E-state index in [1.54, 1.807) is 14.2 Å². The second kappa shape index (κ2) is 5.74. The van der Waals surface area contributed by atoms with E-state index in [-0.39, 0.29) is 0 Å². The van der Waals surface area contributed by atoms with Crippen LogP contribution in [0.1, 0.15) is 12.0 Å². The predicted molar refractivity (Wildman–Crippen MR) is 74.4 cm³/mol. The van der Waals surface area contributed by atoms with Crippen molar-refractivity contribution < 1.29 is 9.47 Å². The first kappa shape index (κ1) is 12.7. The summed E-state index contributed by atoms with van der Waals surface area (Å²) in [5.74, 6) is 1.60. The van der Waals surface area contributed by atoms with E-state index < -0.39 is 0 Å². The monoisotopic (exact) mass is 245 g/mol. The summed E-state index contributed by atoms with van der Waals surface area (Å²) in [5.41, 5.74) is 6.79. The van der Waals surface area contributed by atoms with Gasteiger partial charge in [-0.1, -0.05) is 24.3 Å².